The molecule has 0 N–H and O–H groups in total. The lowest BCUT2D eigenvalue weighted by atomic mass is 10.2. The van der Waals surface area contributed by atoms with Crippen molar-refractivity contribution in [3.05, 3.63) is 47.9 Å². The molecule has 0 bridgehead atoms. The highest BCUT2D eigenvalue weighted by molar-refractivity contribution is 6.18. The molecule has 2 rings (SSSR count). The van der Waals surface area contributed by atoms with E-state index in [0.29, 0.717) is 18.9 Å². The van der Waals surface area contributed by atoms with Gasteiger partial charge < -0.3 is 9.26 Å². The van der Waals surface area contributed by atoms with Crippen molar-refractivity contribution < 1.29 is 9.26 Å². The van der Waals surface area contributed by atoms with E-state index < -0.39 is 0 Å². The van der Waals surface area contributed by atoms with Crippen LogP contribution in [0.25, 0.3) is 0 Å². The minimum absolute atomic E-state index is 0.414. The fourth-order valence-electron chi connectivity index (χ4n) is 1.36. The van der Waals surface area contributed by atoms with Crippen molar-refractivity contribution in [2.75, 3.05) is 5.88 Å². The standard InChI is InChI=1S/C14H12ClNO2/c15-8-4-3-6-13-5-1-2-7-14(13)17-10-12-9-16-18-11-12/h1-2,5,7,9,11H,4,8,10H2. The summed E-state index contributed by atoms with van der Waals surface area (Å²) in [5.41, 5.74) is 1.75. The van der Waals surface area contributed by atoms with E-state index in [4.69, 9.17) is 20.9 Å². The van der Waals surface area contributed by atoms with Gasteiger partial charge in [-0.1, -0.05) is 29.1 Å². The zero-order valence-electron chi connectivity index (χ0n) is 9.73. The molecule has 0 saturated carbocycles. The molecule has 0 saturated heterocycles. The summed E-state index contributed by atoms with van der Waals surface area (Å²) >= 11 is 5.59. The van der Waals surface area contributed by atoms with E-state index in [1.54, 1.807) is 12.5 Å². The van der Waals surface area contributed by atoms with E-state index in [2.05, 4.69) is 17.0 Å². The lowest BCUT2D eigenvalue weighted by molar-refractivity contribution is 0.303. The quantitative estimate of drug-likeness (QED) is 0.626. The molecule has 0 aliphatic carbocycles. The summed E-state index contributed by atoms with van der Waals surface area (Å²) < 4.78 is 10.4. The van der Waals surface area contributed by atoms with Crippen LogP contribution in [-0.2, 0) is 6.61 Å². The Hall–Kier alpha value is -1.92. The highest BCUT2D eigenvalue weighted by Crippen LogP contribution is 2.18. The fourth-order valence-corrected chi connectivity index (χ4v) is 1.45. The summed E-state index contributed by atoms with van der Waals surface area (Å²) in [4.78, 5) is 0. The number of rotatable bonds is 4. The van der Waals surface area contributed by atoms with Crippen molar-refractivity contribution >= 4 is 11.6 Å². The van der Waals surface area contributed by atoms with Crippen LogP contribution in [0.15, 0.2) is 41.2 Å². The molecule has 0 spiro atoms. The topological polar surface area (TPSA) is 35.3 Å². The minimum atomic E-state index is 0.414. The maximum Gasteiger partial charge on any atom is 0.135 e. The lowest BCUT2D eigenvalue weighted by Crippen LogP contribution is -1.95. The maximum atomic E-state index is 5.68. The van der Waals surface area contributed by atoms with E-state index in [9.17, 15) is 0 Å². The first-order valence-electron chi connectivity index (χ1n) is 5.55. The molecular formula is C14H12ClNO2. The first-order chi connectivity index (χ1) is 8.90. The Labute approximate surface area is 111 Å². The summed E-state index contributed by atoms with van der Waals surface area (Å²) in [5.74, 6) is 7.33. The molecule has 18 heavy (non-hydrogen) atoms. The lowest BCUT2D eigenvalue weighted by Gasteiger charge is -2.06. The molecule has 4 heteroatoms. The van der Waals surface area contributed by atoms with Crippen molar-refractivity contribution in [2.24, 2.45) is 0 Å². The Balaban J connectivity index is 2.06. The molecule has 0 amide bonds. The van der Waals surface area contributed by atoms with Gasteiger partial charge in [-0.25, -0.2) is 0 Å². The van der Waals surface area contributed by atoms with Crippen molar-refractivity contribution in [1.82, 2.24) is 5.16 Å². The second-order valence-electron chi connectivity index (χ2n) is 3.56. The van der Waals surface area contributed by atoms with Crippen LogP contribution in [0.4, 0.5) is 0 Å². The molecule has 0 fully saturated rings. The van der Waals surface area contributed by atoms with Gasteiger partial charge in [-0.05, 0) is 12.1 Å². The number of para-hydroxylation sites is 1. The van der Waals surface area contributed by atoms with Crippen LogP contribution in [0, 0.1) is 11.8 Å². The summed E-state index contributed by atoms with van der Waals surface area (Å²) in [5, 5.41) is 3.62. The molecule has 0 radical (unpaired) electrons. The average Bonchev–Trinajstić information content (AvgIpc) is 2.91. The monoisotopic (exact) mass is 261 g/mol. The minimum Gasteiger partial charge on any atom is -0.487 e. The van der Waals surface area contributed by atoms with Gasteiger partial charge in [0.2, 0.25) is 0 Å². The van der Waals surface area contributed by atoms with Crippen LogP contribution >= 0.6 is 11.6 Å². The van der Waals surface area contributed by atoms with Gasteiger partial charge in [-0.15, -0.1) is 11.6 Å². The highest BCUT2D eigenvalue weighted by Gasteiger charge is 2.01. The molecule has 1 aromatic heterocycles. The van der Waals surface area contributed by atoms with Crippen LogP contribution in [0.2, 0.25) is 0 Å². The van der Waals surface area contributed by atoms with Crippen molar-refractivity contribution in [1.29, 1.82) is 0 Å². The summed E-state index contributed by atoms with van der Waals surface area (Å²) in [7, 11) is 0. The van der Waals surface area contributed by atoms with Gasteiger partial charge >= 0.3 is 0 Å². The molecule has 92 valence electrons. The van der Waals surface area contributed by atoms with Gasteiger partial charge in [0, 0.05) is 17.9 Å². The second kappa shape index (κ2) is 6.73. The number of ether oxygens (including phenoxy) is 1. The van der Waals surface area contributed by atoms with Gasteiger partial charge in [-0.3, -0.25) is 0 Å². The fraction of sp³-hybridized carbons (Fsp3) is 0.214. The van der Waals surface area contributed by atoms with Crippen LogP contribution in [0.3, 0.4) is 0 Å². The van der Waals surface area contributed by atoms with Crippen molar-refractivity contribution in [2.45, 2.75) is 13.0 Å². The highest BCUT2D eigenvalue weighted by atomic mass is 35.5. The van der Waals surface area contributed by atoms with E-state index in [0.717, 1.165) is 16.9 Å². The Morgan fingerprint density at radius 2 is 2.22 bits per heavy atom. The second-order valence-corrected chi connectivity index (χ2v) is 3.94. The number of nitrogens with zero attached hydrogens (tertiary/aromatic N) is 1. The molecule has 0 aliphatic heterocycles. The first kappa shape index (κ1) is 12.5. The molecule has 0 unspecified atom stereocenters. The Morgan fingerprint density at radius 3 is 3.00 bits per heavy atom. The van der Waals surface area contributed by atoms with E-state index >= 15 is 0 Å². The van der Waals surface area contributed by atoms with Crippen molar-refractivity contribution in [3.8, 4) is 17.6 Å². The largest absolute Gasteiger partial charge is 0.487 e. The van der Waals surface area contributed by atoms with Gasteiger partial charge in [0.05, 0.1) is 11.8 Å². The van der Waals surface area contributed by atoms with Crippen LogP contribution in [0.1, 0.15) is 17.5 Å². The van der Waals surface area contributed by atoms with E-state index in [1.807, 2.05) is 24.3 Å². The molecule has 0 atom stereocenters. The molecule has 2 aromatic rings. The van der Waals surface area contributed by atoms with Crippen LogP contribution in [0.5, 0.6) is 5.75 Å². The van der Waals surface area contributed by atoms with Crippen molar-refractivity contribution in [3.63, 3.8) is 0 Å². The number of aromatic nitrogens is 1. The average molecular weight is 262 g/mol. The normalized spacial score (nSPS) is 9.61. The number of hydrogen-bond acceptors (Lipinski definition) is 3. The molecular weight excluding hydrogens is 250 g/mol. The summed E-state index contributed by atoms with van der Waals surface area (Å²) in [6, 6.07) is 7.65. The number of benzene rings is 1. The molecule has 1 aromatic carbocycles. The maximum absolute atomic E-state index is 5.68. The van der Waals surface area contributed by atoms with Crippen LogP contribution in [-0.4, -0.2) is 11.0 Å². The predicted octanol–water partition coefficient (Wildman–Crippen LogP) is 3.23. The molecule has 1 heterocycles. The third kappa shape index (κ3) is 3.54. The Bertz CT molecular complexity index is 540. The summed E-state index contributed by atoms with van der Waals surface area (Å²) in [6.07, 6.45) is 3.85. The Morgan fingerprint density at radius 1 is 1.33 bits per heavy atom. The number of hydrogen-bond donors (Lipinski definition) is 0. The smallest absolute Gasteiger partial charge is 0.135 e. The van der Waals surface area contributed by atoms with Gasteiger partial charge in [-0.2, -0.15) is 0 Å². The zero-order chi connectivity index (χ0) is 12.6. The molecule has 3 nitrogen and oxygen atoms in total. The predicted molar refractivity (Wildman–Crippen MR) is 69.5 cm³/mol. The third-order valence-electron chi connectivity index (χ3n) is 2.21. The molecule has 0 aliphatic rings. The zero-order valence-corrected chi connectivity index (χ0v) is 10.5. The third-order valence-corrected chi connectivity index (χ3v) is 2.40. The van der Waals surface area contributed by atoms with Gasteiger partial charge in [0.15, 0.2) is 0 Å². The SMILES string of the molecule is ClCCC#Cc1ccccc1OCc1cnoc1. The van der Waals surface area contributed by atoms with Gasteiger partial charge in [0.25, 0.3) is 0 Å². The number of alkyl halides is 1. The number of halogens is 1. The summed E-state index contributed by atoms with van der Waals surface area (Å²) in [6.45, 7) is 0.414. The first-order valence-corrected chi connectivity index (χ1v) is 6.08. The Kier molecular flexibility index (Phi) is 4.68. The van der Waals surface area contributed by atoms with Gasteiger partial charge in [0.1, 0.15) is 18.6 Å². The van der Waals surface area contributed by atoms with E-state index in [1.165, 1.54) is 0 Å². The van der Waals surface area contributed by atoms with Crippen LogP contribution < -0.4 is 4.74 Å². The van der Waals surface area contributed by atoms with E-state index in [-0.39, 0.29) is 0 Å².